The van der Waals surface area contributed by atoms with E-state index in [-0.39, 0.29) is 12.5 Å². The Morgan fingerprint density at radius 1 is 0.860 bits per heavy atom. The summed E-state index contributed by atoms with van der Waals surface area (Å²) in [7, 11) is 1.98. The normalized spacial score (nSPS) is 29.5. The van der Waals surface area contributed by atoms with Crippen LogP contribution < -0.4 is 0 Å². The Hall–Kier alpha value is -3.87. The monoisotopic (exact) mass is 592 g/mol. The number of aliphatic hydroxyl groups excluding tert-OH is 2. The Balaban J connectivity index is 1.55. The largest absolute Gasteiger partial charge is 0.390 e. The van der Waals surface area contributed by atoms with Crippen LogP contribution in [0.25, 0.3) is 31.3 Å². The van der Waals surface area contributed by atoms with Gasteiger partial charge in [0.2, 0.25) is 0 Å². The first-order valence-electron chi connectivity index (χ1n) is 14.1. The first kappa shape index (κ1) is 32.1. The van der Waals surface area contributed by atoms with Gasteiger partial charge < -0.3 is 24.4 Å². The van der Waals surface area contributed by atoms with Crippen molar-refractivity contribution in [1.82, 2.24) is 4.90 Å². The summed E-state index contributed by atoms with van der Waals surface area (Å²) in [6.45, 7) is 1.37. The van der Waals surface area contributed by atoms with Crippen LogP contribution >= 0.6 is 0 Å². The average molecular weight is 593 g/mol. The highest BCUT2D eigenvalue weighted by atomic mass is 16.7. The van der Waals surface area contributed by atoms with Crippen LogP contribution in [0.2, 0.25) is 0 Å². The number of aliphatic hydroxyl groups is 2. The van der Waals surface area contributed by atoms with Gasteiger partial charge in [-0.2, -0.15) is 0 Å². The Kier molecular flexibility index (Phi) is 12.0. The third-order valence-corrected chi connectivity index (χ3v) is 7.87. The summed E-state index contributed by atoms with van der Waals surface area (Å²) in [5.74, 6) is 0. The number of hydrogen-bond acceptors (Lipinski definition) is 9. The number of hydrogen-bond donors (Lipinski definition) is 2. The number of benzene rings is 2. The number of azide groups is 3. The molecule has 1 saturated carbocycles. The molecule has 15 nitrogen and oxygen atoms in total. The Morgan fingerprint density at radius 2 is 1.47 bits per heavy atom. The summed E-state index contributed by atoms with van der Waals surface area (Å²) in [6.07, 6.45) is -4.83. The van der Waals surface area contributed by atoms with Gasteiger partial charge in [0, 0.05) is 21.3 Å². The maximum atomic E-state index is 10.9. The van der Waals surface area contributed by atoms with Crippen molar-refractivity contribution in [1.29, 1.82) is 0 Å². The molecule has 1 saturated heterocycles. The van der Waals surface area contributed by atoms with Crippen molar-refractivity contribution in [2.24, 2.45) is 15.3 Å². The first-order chi connectivity index (χ1) is 20.9. The number of rotatable bonds is 13. The van der Waals surface area contributed by atoms with E-state index in [0.29, 0.717) is 32.6 Å². The minimum atomic E-state index is -1.55. The lowest BCUT2D eigenvalue weighted by atomic mass is 9.84. The van der Waals surface area contributed by atoms with E-state index in [0.717, 1.165) is 11.1 Å². The van der Waals surface area contributed by atoms with Crippen LogP contribution in [0.15, 0.2) is 76.0 Å². The molecule has 2 aliphatic rings. The van der Waals surface area contributed by atoms with E-state index in [9.17, 15) is 15.7 Å². The van der Waals surface area contributed by atoms with Gasteiger partial charge >= 0.3 is 0 Å². The average Bonchev–Trinajstić information content (AvgIpc) is 3.02. The Morgan fingerprint density at radius 3 is 2.12 bits per heavy atom. The molecule has 2 aromatic carbocycles. The smallest absolute Gasteiger partial charge is 0.167 e. The van der Waals surface area contributed by atoms with Gasteiger partial charge in [0.05, 0.1) is 55.7 Å². The van der Waals surface area contributed by atoms with E-state index in [4.69, 9.17) is 25.3 Å². The molecule has 0 bridgehead atoms. The lowest BCUT2D eigenvalue weighted by molar-refractivity contribution is -0.262. The van der Waals surface area contributed by atoms with E-state index >= 15 is 0 Å². The second-order valence-corrected chi connectivity index (χ2v) is 10.7. The fourth-order valence-corrected chi connectivity index (χ4v) is 5.62. The van der Waals surface area contributed by atoms with E-state index in [1.807, 2.05) is 67.7 Å². The van der Waals surface area contributed by atoms with Crippen molar-refractivity contribution >= 4 is 0 Å². The molecule has 15 heteroatoms. The van der Waals surface area contributed by atoms with Crippen molar-refractivity contribution in [2.75, 3.05) is 13.7 Å². The highest BCUT2D eigenvalue weighted by Gasteiger charge is 2.47. The number of ether oxygens (including phenoxy) is 3. The molecule has 43 heavy (non-hydrogen) atoms. The Labute approximate surface area is 248 Å². The van der Waals surface area contributed by atoms with Crippen molar-refractivity contribution in [2.45, 2.75) is 87.3 Å². The van der Waals surface area contributed by atoms with Gasteiger partial charge in [-0.1, -0.05) is 76.0 Å². The van der Waals surface area contributed by atoms with E-state index in [1.165, 1.54) is 0 Å². The van der Waals surface area contributed by atoms with Crippen LogP contribution in [0, 0.1) is 0 Å². The maximum Gasteiger partial charge on any atom is 0.167 e. The van der Waals surface area contributed by atoms with Crippen LogP contribution in [-0.2, 0) is 27.4 Å². The summed E-state index contributed by atoms with van der Waals surface area (Å²) in [4.78, 5) is 10.7. The molecule has 0 spiro atoms. The van der Waals surface area contributed by atoms with Crippen molar-refractivity contribution in [3.63, 3.8) is 0 Å². The molecule has 228 valence electrons. The van der Waals surface area contributed by atoms with Crippen LogP contribution in [0.5, 0.6) is 0 Å². The predicted molar refractivity (Wildman–Crippen MR) is 156 cm³/mol. The van der Waals surface area contributed by atoms with Gasteiger partial charge in [0.15, 0.2) is 6.29 Å². The molecule has 0 aromatic heterocycles. The molecule has 0 amide bonds. The van der Waals surface area contributed by atoms with E-state index in [2.05, 4.69) is 35.0 Å². The zero-order chi connectivity index (χ0) is 30.6. The van der Waals surface area contributed by atoms with Crippen molar-refractivity contribution < 1.29 is 24.4 Å². The topological polar surface area (TPSA) is 218 Å². The minimum absolute atomic E-state index is 0.0465. The minimum Gasteiger partial charge on any atom is -0.390 e. The Bertz CT molecular complexity index is 1300. The molecule has 4 rings (SSSR count). The number of nitrogens with zero attached hydrogens (tertiary/aromatic N) is 10. The zero-order valence-corrected chi connectivity index (χ0v) is 23.8. The molecule has 0 unspecified atom stereocenters. The summed E-state index contributed by atoms with van der Waals surface area (Å²) in [6, 6.07) is 16.9. The van der Waals surface area contributed by atoms with Crippen LogP contribution in [-0.4, -0.2) is 83.6 Å². The second kappa shape index (κ2) is 16.1. The molecule has 9 atom stereocenters. The first-order valence-corrected chi connectivity index (χ1v) is 14.1. The molecule has 2 fully saturated rings. The zero-order valence-electron chi connectivity index (χ0n) is 23.8. The standard InChI is InChI=1S/C28H36N10O5/c1-38(15-18-8-4-2-5-9-18)23(17-41-16-19-10-6-3-7-11-19)24-13-12-20(32-35-29)28(42-24)43-27-22(34-37-31)14-21(33-36-30)25(39)26(27)40/h2-11,20-28,39-40H,12-17H2,1H3/t20-,21-,22+,23-,24+,25+,26-,27-,28-/m1/s1. The molecular formula is C28H36N10O5. The van der Waals surface area contributed by atoms with E-state index in [1.54, 1.807) is 0 Å². The molecule has 2 aromatic rings. The molecule has 2 N–H and O–H groups in total. The summed E-state index contributed by atoms with van der Waals surface area (Å²) in [5, 5.41) is 32.6. The van der Waals surface area contributed by atoms with Crippen molar-refractivity contribution in [3.05, 3.63) is 103 Å². The summed E-state index contributed by atoms with van der Waals surface area (Å²) < 4.78 is 18.8. The SMILES string of the molecule is CN(Cc1ccccc1)[C@H](COCc1ccccc1)[C@@H]1CC[C@@H](N=[N+]=[N-])[C@@H](O[C@H]2[C@H](O)[C@@H](O)[C@H](N=[N+]=[N-])C[C@@H]2N=[N+]=[N-])O1. The predicted octanol–water partition coefficient (Wildman–Crippen LogP) is 4.76. The van der Waals surface area contributed by atoms with Gasteiger partial charge in [0.1, 0.15) is 6.10 Å². The van der Waals surface area contributed by atoms with Gasteiger partial charge in [-0.15, -0.1) is 0 Å². The molecule has 1 aliphatic heterocycles. The van der Waals surface area contributed by atoms with Crippen molar-refractivity contribution in [3.8, 4) is 0 Å². The van der Waals surface area contributed by atoms with Crippen LogP contribution in [0.3, 0.4) is 0 Å². The summed E-state index contributed by atoms with van der Waals surface area (Å²) >= 11 is 0. The van der Waals surface area contributed by atoms with Gasteiger partial charge in [-0.3, -0.25) is 4.90 Å². The van der Waals surface area contributed by atoms with E-state index < -0.39 is 48.8 Å². The van der Waals surface area contributed by atoms with Gasteiger partial charge in [-0.25, -0.2) is 0 Å². The third-order valence-electron chi connectivity index (χ3n) is 7.87. The molecule has 1 heterocycles. The van der Waals surface area contributed by atoms with Crippen LogP contribution in [0.4, 0.5) is 0 Å². The van der Waals surface area contributed by atoms with Gasteiger partial charge in [-0.05, 0) is 54.0 Å². The lowest BCUT2D eigenvalue weighted by Gasteiger charge is -2.45. The number of likely N-dealkylation sites (N-methyl/N-ethyl adjacent to an activating group) is 1. The van der Waals surface area contributed by atoms with Crippen LogP contribution in [0.1, 0.15) is 30.4 Å². The molecule has 0 radical (unpaired) electrons. The quantitative estimate of drug-likeness (QED) is 0.190. The molecule has 1 aliphatic carbocycles. The maximum absolute atomic E-state index is 10.9. The highest BCUT2D eigenvalue weighted by molar-refractivity contribution is 5.15. The summed E-state index contributed by atoms with van der Waals surface area (Å²) in [5.41, 5.74) is 29.4. The lowest BCUT2D eigenvalue weighted by Crippen LogP contribution is -2.59. The fraction of sp³-hybridized carbons (Fsp3) is 0.571. The highest BCUT2D eigenvalue weighted by Crippen LogP contribution is 2.33. The second-order valence-electron chi connectivity index (χ2n) is 10.7. The molecular weight excluding hydrogens is 556 g/mol. The fourth-order valence-electron chi connectivity index (χ4n) is 5.62. The van der Waals surface area contributed by atoms with Gasteiger partial charge in [0.25, 0.3) is 0 Å². The third kappa shape index (κ3) is 8.59.